The maximum Gasteiger partial charge on any atom is 0.315 e. The molecule has 4 heteroatoms. The molecule has 0 saturated carbocycles. The standard InChI is InChI=1S/C17H15NO3/c1-2-20-17(19)11-16-18-14-9-8-13(10-15(14)21-16)12-6-4-3-5-7-12/h3-10H,2,11H2,1H3. The number of nitrogens with zero attached hydrogens (tertiary/aromatic N) is 1. The molecule has 1 heterocycles. The van der Waals surface area contributed by atoms with Crippen LogP contribution in [0.15, 0.2) is 52.9 Å². The number of hydrogen-bond acceptors (Lipinski definition) is 4. The third-order valence-corrected chi connectivity index (χ3v) is 3.14. The number of fused-ring (bicyclic) bond motifs is 1. The molecular formula is C17H15NO3. The van der Waals surface area contributed by atoms with Gasteiger partial charge in [0.2, 0.25) is 5.89 Å². The first kappa shape index (κ1) is 13.4. The highest BCUT2D eigenvalue weighted by Crippen LogP contribution is 2.25. The van der Waals surface area contributed by atoms with Crippen LogP contribution < -0.4 is 0 Å². The van der Waals surface area contributed by atoms with E-state index in [1.54, 1.807) is 6.92 Å². The molecule has 0 aliphatic rings. The van der Waals surface area contributed by atoms with Crippen LogP contribution in [0.1, 0.15) is 12.8 Å². The van der Waals surface area contributed by atoms with Gasteiger partial charge < -0.3 is 9.15 Å². The average Bonchev–Trinajstić information content (AvgIpc) is 2.89. The van der Waals surface area contributed by atoms with Gasteiger partial charge in [0.15, 0.2) is 5.58 Å². The third-order valence-electron chi connectivity index (χ3n) is 3.14. The van der Waals surface area contributed by atoms with Gasteiger partial charge in [-0.1, -0.05) is 36.4 Å². The third kappa shape index (κ3) is 2.94. The average molecular weight is 281 g/mol. The second kappa shape index (κ2) is 5.79. The minimum atomic E-state index is -0.327. The first-order chi connectivity index (χ1) is 10.3. The van der Waals surface area contributed by atoms with Crippen LogP contribution >= 0.6 is 0 Å². The van der Waals surface area contributed by atoms with Crippen LogP contribution in [0.25, 0.3) is 22.2 Å². The number of benzene rings is 2. The highest BCUT2D eigenvalue weighted by molar-refractivity contribution is 5.81. The van der Waals surface area contributed by atoms with Crippen LogP contribution in [0.2, 0.25) is 0 Å². The van der Waals surface area contributed by atoms with Gasteiger partial charge in [-0.25, -0.2) is 4.98 Å². The smallest absolute Gasteiger partial charge is 0.315 e. The lowest BCUT2D eigenvalue weighted by Crippen LogP contribution is -2.07. The number of carbonyl (C=O) groups excluding carboxylic acids is 1. The molecule has 3 aromatic rings. The summed E-state index contributed by atoms with van der Waals surface area (Å²) in [5.41, 5.74) is 3.59. The van der Waals surface area contributed by atoms with Gasteiger partial charge in [0.1, 0.15) is 11.9 Å². The van der Waals surface area contributed by atoms with E-state index in [4.69, 9.17) is 9.15 Å². The molecule has 0 spiro atoms. The first-order valence-corrected chi connectivity index (χ1v) is 6.87. The van der Waals surface area contributed by atoms with Crippen LogP contribution in [0.4, 0.5) is 0 Å². The van der Waals surface area contributed by atoms with E-state index in [2.05, 4.69) is 4.98 Å². The Morgan fingerprint density at radius 2 is 1.95 bits per heavy atom. The van der Waals surface area contributed by atoms with Crippen molar-refractivity contribution in [2.45, 2.75) is 13.3 Å². The van der Waals surface area contributed by atoms with Crippen molar-refractivity contribution in [3.63, 3.8) is 0 Å². The molecule has 0 amide bonds. The van der Waals surface area contributed by atoms with Crippen molar-refractivity contribution < 1.29 is 13.9 Å². The molecule has 0 saturated heterocycles. The summed E-state index contributed by atoms with van der Waals surface area (Å²) in [5.74, 6) is 0.0565. The van der Waals surface area contributed by atoms with Crippen LogP contribution in [-0.2, 0) is 16.0 Å². The molecule has 0 bridgehead atoms. The molecule has 4 nitrogen and oxygen atoms in total. The number of ether oxygens (including phenoxy) is 1. The number of aromatic nitrogens is 1. The van der Waals surface area contributed by atoms with Crippen molar-refractivity contribution in [2.75, 3.05) is 6.61 Å². The lowest BCUT2D eigenvalue weighted by atomic mass is 10.1. The van der Waals surface area contributed by atoms with Crippen molar-refractivity contribution in [3.05, 3.63) is 54.4 Å². The quantitative estimate of drug-likeness (QED) is 0.686. The molecule has 0 fully saturated rings. The number of oxazole rings is 1. The van der Waals surface area contributed by atoms with E-state index in [0.29, 0.717) is 18.1 Å². The van der Waals surface area contributed by atoms with Gasteiger partial charge in [-0.05, 0) is 30.2 Å². The Labute approximate surface area is 122 Å². The molecule has 0 N–H and O–H groups in total. The van der Waals surface area contributed by atoms with Gasteiger partial charge in [0.25, 0.3) is 0 Å². The zero-order chi connectivity index (χ0) is 14.7. The zero-order valence-corrected chi connectivity index (χ0v) is 11.7. The Morgan fingerprint density at radius 1 is 1.14 bits per heavy atom. The van der Waals surface area contributed by atoms with Crippen molar-refractivity contribution in [1.29, 1.82) is 0 Å². The fourth-order valence-corrected chi connectivity index (χ4v) is 2.19. The summed E-state index contributed by atoms with van der Waals surface area (Å²) < 4.78 is 10.5. The van der Waals surface area contributed by atoms with Gasteiger partial charge in [-0.3, -0.25) is 4.79 Å². The maximum atomic E-state index is 11.5. The summed E-state index contributed by atoms with van der Waals surface area (Å²) in [7, 11) is 0. The van der Waals surface area contributed by atoms with Crippen LogP contribution in [-0.4, -0.2) is 17.6 Å². The molecule has 2 aromatic carbocycles. The van der Waals surface area contributed by atoms with E-state index < -0.39 is 0 Å². The fourth-order valence-electron chi connectivity index (χ4n) is 2.19. The lowest BCUT2D eigenvalue weighted by Gasteiger charge is -1.99. The molecule has 3 rings (SSSR count). The first-order valence-electron chi connectivity index (χ1n) is 6.87. The number of esters is 1. The number of rotatable bonds is 4. The maximum absolute atomic E-state index is 11.5. The predicted molar refractivity (Wildman–Crippen MR) is 79.8 cm³/mol. The topological polar surface area (TPSA) is 52.3 Å². The van der Waals surface area contributed by atoms with Crippen LogP contribution in [0, 0.1) is 0 Å². The Hall–Kier alpha value is -2.62. The summed E-state index contributed by atoms with van der Waals surface area (Å²) >= 11 is 0. The SMILES string of the molecule is CCOC(=O)Cc1nc2ccc(-c3ccccc3)cc2o1. The highest BCUT2D eigenvalue weighted by atomic mass is 16.5. The Morgan fingerprint density at radius 3 is 2.71 bits per heavy atom. The Balaban J connectivity index is 1.90. The van der Waals surface area contributed by atoms with E-state index in [1.807, 2.05) is 48.5 Å². The number of carbonyl (C=O) groups is 1. The Bertz CT molecular complexity index is 762. The Kier molecular flexibility index (Phi) is 3.69. The van der Waals surface area contributed by atoms with Crippen molar-refractivity contribution in [2.24, 2.45) is 0 Å². The van der Waals surface area contributed by atoms with Crippen molar-refractivity contribution in [1.82, 2.24) is 4.98 Å². The predicted octanol–water partition coefficient (Wildman–Crippen LogP) is 3.60. The molecule has 0 unspecified atom stereocenters. The monoisotopic (exact) mass is 281 g/mol. The lowest BCUT2D eigenvalue weighted by molar-refractivity contribution is -0.142. The minimum absolute atomic E-state index is 0.0587. The van der Waals surface area contributed by atoms with Gasteiger partial charge >= 0.3 is 5.97 Å². The van der Waals surface area contributed by atoms with Crippen LogP contribution in [0.3, 0.4) is 0 Å². The molecular weight excluding hydrogens is 266 g/mol. The van der Waals surface area contributed by atoms with E-state index in [1.165, 1.54) is 0 Å². The molecule has 0 aliphatic carbocycles. The highest BCUT2D eigenvalue weighted by Gasteiger charge is 2.12. The van der Waals surface area contributed by atoms with E-state index in [-0.39, 0.29) is 12.4 Å². The van der Waals surface area contributed by atoms with Gasteiger partial charge in [-0.2, -0.15) is 0 Å². The van der Waals surface area contributed by atoms with Gasteiger partial charge in [0.05, 0.1) is 6.61 Å². The molecule has 1 aromatic heterocycles. The van der Waals surface area contributed by atoms with Gasteiger partial charge in [0, 0.05) is 0 Å². The second-order valence-electron chi connectivity index (χ2n) is 4.64. The normalized spacial score (nSPS) is 10.7. The summed E-state index contributed by atoms with van der Waals surface area (Å²) in [6.07, 6.45) is 0.0587. The largest absolute Gasteiger partial charge is 0.466 e. The summed E-state index contributed by atoms with van der Waals surface area (Å²) in [5, 5.41) is 0. The molecule has 0 aliphatic heterocycles. The second-order valence-corrected chi connectivity index (χ2v) is 4.64. The summed E-state index contributed by atoms with van der Waals surface area (Å²) in [4.78, 5) is 15.8. The molecule has 106 valence electrons. The van der Waals surface area contributed by atoms with Gasteiger partial charge in [-0.15, -0.1) is 0 Å². The van der Waals surface area contributed by atoms with Crippen LogP contribution in [0.5, 0.6) is 0 Å². The summed E-state index contributed by atoms with van der Waals surface area (Å²) in [6, 6.07) is 15.9. The molecule has 21 heavy (non-hydrogen) atoms. The minimum Gasteiger partial charge on any atom is -0.466 e. The molecule has 0 atom stereocenters. The zero-order valence-electron chi connectivity index (χ0n) is 11.7. The number of hydrogen-bond donors (Lipinski definition) is 0. The molecule has 0 radical (unpaired) electrons. The van der Waals surface area contributed by atoms with Crippen molar-refractivity contribution >= 4 is 17.1 Å². The fraction of sp³-hybridized carbons (Fsp3) is 0.176. The van der Waals surface area contributed by atoms with E-state index in [9.17, 15) is 4.79 Å². The van der Waals surface area contributed by atoms with E-state index >= 15 is 0 Å². The van der Waals surface area contributed by atoms with Crippen molar-refractivity contribution in [3.8, 4) is 11.1 Å². The van der Waals surface area contributed by atoms with E-state index in [0.717, 1.165) is 16.6 Å². The summed E-state index contributed by atoms with van der Waals surface area (Å²) in [6.45, 7) is 2.13.